The summed E-state index contributed by atoms with van der Waals surface area (Å²) in [7, 11) is -2.44. The molecule has 10 heteroatoms. The molecule has 0 aliphatic rings. The van der Waals surface area contributed by atoms with Gasteiger partial charge in [0.15, 0.2) is 0 Å². The van der Waals surface area contributed by atoms with Crippen molar-refractivity contribution in [2.45, 2.75) is 11.8 Å². The SMILES string of the molecule is Cc1c(C=Nc2ccc(S(=O)(=O)Nc3ccccc3Br)cc2)c(O)n(C)c(=O)c1C#N. The molecule has 3 rings (SSSR count). The molecule has 0 saturated heterocycles. The third kappa shape index (κ3) is 4.52. The van der Waals surface area contributed by atoms with Crippen molar-refractivity contribution < 1.29 is 13.5 Å². The maximum absolute atomic E-state index is 12.6. The lowest BCUT2D eigenvalue weighted by Crippen LogP contribution is -2.22. The molecule has 1 heterocycles. The van der Waals surface area contributed by atoms with Gasteiger partial charge in [-0.05, 0) is 64.8 Å². The first-order valence-electron chi connectivity index (χ1n) is 8.90. The number of aromatic hydroxyl groups is 1. The van der Waals surface area contributed by atoms with Crippen LogP contribution in [0.3, 0.4) is 0 Å². The van der Waals surface area contributed by atoms with Gasteiger partial charge in [0.05, 0.1) is 21.8 Å². The second-order valence-corrected chi connectivity index (χ2v) is 9.09. The zero-order valence-electron chi connectivity index (χ0n) is 16.5. The number of nitrogens with one attached hydrogen (secondary N) is 1. The van der Waals surface area contributed by atoms with Crippen LogP contribution >= 0.6 is 15.9 Å². The number of aromatic nitrogens is 1. The normalized spacial score (nSPS) is 11.4. The lowest BCUT2D eigenvalue weighted by atomic mass is 10.1. The maximum atomic E-state index is 12.6. The van der Waals surface area contributed by atoms with Gasteiger partial charge in [0.25, 0.3) is 15.6 Å². The van der Waals surface area contributed by atoms with Crippen LogP contribution in [0, 0.1) is 18.3 Å². The van der Waals surface area contributed by atoms with Crippen LogP contribution in [0.15, 0.2) is 67.7 Å². The molecular weight excluding hydrogens is 484 g/mol. The molecule has 0 bridgehead atoms. The largest absolute Gasteiger partial charge is 0.494 e. The highest BCUT2D eigenvalue weighted by Gasteiger charge is 2.17. The molecular formula is C21H17BrN4O4S. The van der Waals surface area contributed by atoms with Crippen LogP contribution in [-0.2, 0) is 17.1 Å². The van der Waals surface area contributed by atoms with Gasteiger partial charge in [-0.1, -0.05) is 12.1 Å². The Morgan fingerprint density at radius 1 is 1.19 bits per heavy atom. The standard InChI is InChI=1S/C21H17BrN4O4S/c1-13-16(11-23)20(27)26(2)21(28)17(13)12-24-14-7-9-15(10-8-14)31(29,30)25-19-6-4-3-5-18(19)22/h3-10,12,25,28H,1-2H3. The van der Waals surface area contributed by atoms with Gasteiger partial charge in [0.1, 0.15) is 11.6 Å². The van der Waals surface area contributed by atoms with Crippen LogP contribution in [0.4, 0.5) is 11.4 Å². The number of aliphatic imine (C=N–C) groups is 1. The van der Waals surface area contributed by atoms with Crippen molar-refractivity contribution in [2.24, 2.45) is 12.0 Å². The van der Waals surface area contributed by atoms with E-state index in [1.165, 1.54) is 37.5 Å². The Balaban J connectivity index is 1.89. The molecule has 31 heavy (non-hydrogen) atoms. The number of hydrogen-bond acceptors (Lipinski definition) is 6. The molecule has 0 fully saturated rings. The molecule has 8 nitrogen and oxygen atoms in total. The lowest BCUT2D eigenvalue weighted by Gasteiger charge is -2.10. The van der Waals surface area contributed by atoms with Crippen LogP contribution in [0.2, 0.25) is 0 Å². The Hall–Kier alpha value is -3.42. The first-order chi connectivity index (χ1) is 14.7. The lowest BCUT2D eigenvalue weighted by molar-refractivity contribution is 0.421. The summed E-state index contributed by atoms with van der Waals surface area (Å²) in [6.45, 7) is 1.55. The van der Waals surface area contributed by atoms with Crippen LogP contribution < -0.4 is 10.3 Å². The predicted molar refractivity (Wildman–Crippen MR) is 121 cm³/mol. The number of halogens is 1. The molecule has 0 aliphatic heterocycles. The average Bonchev–Trinajstić information content (AvgIpc) is 2.74. The number of sulfonamides is 1. The van der Waals surface area contributed by atoms with Crippen LogP contribution in [0.1, 0.15) is 16.7 Å². The van der Waals surface area contributed by atoms with Crippen molar-refractivity contribution in [3.05, 3.63) is 80.0 Å². The molecule has 1 aromatic heterocycles. The van der Waals surface area contributed by atoms with Gasteiger partial charge >= 0.3 is 0 Å². The fourth-order valence-corrected chi connectivity index (χ4v) is 4.39. The molecule has 0 atom stereocenters. The number of nitrogens with zero attached hydrogens (tertiary/aromatic N) is 3. The number of anilines is 1. The summed E-state index contributed by atoms with van der Waals surface area (Å²) in [5, 5.41) is 19.4. The molecule has 0 radical (unpaired) electrons. The third-order valence-electron chi connectivity index (χ3n) is 4.58. The van der Waals surface area contributed by atoms with E-state index < -0.39 is 15.6 Å². The molecule has 3 aromatic rings. The topological polar surface area (TPSA) is 125 Å². The van der Waals surface area contributed by atoms with Crippen molar-refractivity contribution in [3.8, 4) is 11.9 Å². The first kappa shape index (κ1) is 22.3. The zero-order valence-corrected chi connectivity index (χ0v) is 18.9. The Bertz CT molecular complexity index is 1390. The van der Waals surface area contributed by atoms with Gasteiger partial charge in [-0.3, -0.25) is 19.1 Å². The van der Waals surface area contributed by atoms with Crippen molar-refractivity contribution in [2.75, 3.05) is 4.72 Å². The van der Waals surface area contributed by atoms with Crippen molar-refractivity contribution in [1.82, 2.24) is 4.57 Å². The Kier molecular flexibility index (Phi) is 6.29. The van der Waals surface area contributed by atoms with Gasteiger partial charge in [-0.2, -0.15) is 5.26 Å². The van der Waals surface area contributed by atoms with Crippen LogP contribution in [0.25, 0.3) is 0 Å². The van der Waals surface area contributed by atoms with E-state index in [0.717, 1.165) is 4.57 Å². The Labute approximate surface area is 187 Å². The van der Waals surface area contributed by atoms with Gasteiger partial charge in [0, 0.05) is 17.7 Å². The maximum Gasteiger partial charge on any atom is 0.271 e. The number of hydrogen-bond donors (Lipinski definition) is 2. The number of benzene rings is 2. The van der Waals surface area contributed by atoms with E-state index in [9.17, 15) is 23.6 Å². The third-order valence-corrected chi connectivity index (χ3v) is 6.65. The minimum absolute atomic E-state index is 0.0510. The van der Waals surface area contributed by atoms with Crippen molar-refractivity contribution in [1.29, 1.82) is 5.26 Å². The second kappa shape index (κ2) is 8.75. The highest BCUT2D eigenvalue weighted by Crippen LogP contribution is 2.26. The number of para-hydroxylation sites is 1. The minimum Gasteiger partial charge on any atom is -0.494 e. The smallest absolute Gasteiger partial charge is 0.271 e. The summed E-state index contributed by atoms with van der Waals surface area (Å²) in [6.07, 6.45) is 1.33. The van der Waals surface area contributed by atoms with E-state index >= 15 is 0 Å². The van der Waals surface area contributed by atoms with Crippen molar-refractivity contribution >= 4 is 43.5 Å². The average molecular weight is 501 g/mol. The molecule has 0 unspecified atom stereocenters. The number of nitriles is 1. The highest BCUT2D eigenvalue weighted by atomic mass is 79.9. The van der Waals surface area contributed by atoms with E-state index in [2.05, 4.69) is 25.6 Å². The van der Waals surface area contributed by atoms with Gasteiger partial charge in [-0.15, -0.1) is 0 Å². The quantitative estimate of drug-likeness (QED) is 0.517. The van der Waals surface area contributed by atoms with E-state index in [1.807, 2.05) is 6.07 Å². The van der Waals surface area contributed by atoms with E-state index in [0.29, 0.717) is 21.4 Å². The predicted octanol–water partition coefficient (Wildman–Crippen LogP) is 3.58. The molecule has 0 amide bonds. The van der Waals surface area contributed by atoms with Gasteiger partial charge in [-0.25, -0.2) is 8.42 Å². The molecule has 158 valence electrons. The van der Waals surface area contributed by atoms with E-state index in [-0.39, 0.29) is 21.9 Å². The monoisotopic (exact) mass is 500 g/mol. The minimum atomic E-state index is -3.80. The highest BCUT2D eigenvalue weighted by molar-refractivity contribution is 9.10. The zero-order chi connectivity index (χ0) is 22.8. The van der Waals surface area contributed by atoms with Crippen LogP contribution in [-0.4, -0.2) is 24.3 Å². The first-order valence-corrected chi connectivity index (χ1v) is 11.2. The summed E-state index contributed by atoms with van der Waals surface area (Å²) in [4.78, 5) is 16.3. The molecule has 0 aliphatic carbocycles. The molecule has 0 saturated carbocycles. The number of rotatable bonds is 5. The summed E-state index contributed by atoms with van der Waals surface area (Å²) in [6, 6.07) is 14.5. The summed E-state index contributed by atoms with van der Waals surface area (Å²) >= 11 is 3.30. The van der Waals surface area contributed by atoms with Crippen LogP contribution in [0.5, 0.6) is 5.88 Å². The summed E-state index contributed by atoms with van der Waals surface area (Å²) in [5.41, 5.74) is 0.697. The second-order valence-electron chi connectivity index (χ2n) is 6.55. The molecule has 2 N–H and O–H groups in total. The van der Waals surface area contributed by atoms with Gasteiger partial charge < -0.3 is 5.11 Å². The Morgan fingerprint density at radius 2 is 1.84 bits per heavy atom. The summed E-state index contributed by atoms with van der Waals surface area (Å²) < 4.78 is 29.3. The number of pyridine rings is 1. The molecule has 2 aromatic carbocycles. The van der Waals surface area contributed by atoms with Gasteiger partial charge in [0.2, 0.25) is 5.88 Å². The summed E-state index contributed by atoms with van der Waals surface area (Å²) in [5.74, 6) is -0.318. The fourth-order valence-electron chi connectivity index (χ4n) is 2.79. The Morgan fingerprint density at radius 3 is 2.45 bits per heavy atom. The fraction of sp³-hybridized carbons (Fsp3) is 0.0952. The molecule has 0 spiro atoms. The van der Waals surface area contributed by atoms with E-state index in [4.69, 9.17) is 0 Å². The van der Waals surface area contributed by atoms with Crippen molar-refractivity contribution in [3.63, 3.8) is 0 Å². The van der Waals surface area contributed by atoms with E-state index in [1.54, 1.807) is 31.2 Å².